The van der Waals surface area contributed by atoms with Crippen LogP contribution in [0.15, 0.2) is 84.9 Å². The standard InChI is InChI=1S/C29H36N2O5.C14H24N2O5.C7H8/c1-20-10-12-22(13-11-20)17-25(23-14-15-30(18-23)27(33)36-29(2,3)4)26(32)31-24(19-35-28(31)34)16-21-8-6-5-7-9-21;1-14(2,3)21-12(18)15(4)8-6-5-7-11(17)16-9-10-20-13(16)19;1-7-5-3-2-4-6-7/h5-13,23-25H,14-19H2,1-4H3;5-10H2,1-4H3;2-6H,1H3. The number of carbonyl (C=O) groups is 6. The van der Waals surface area contributed by atoms with Gasteiger partial charge >= 0.3 is 24.4 Å². The van der Waals surface area contributed by atoms with Crippen molar-refractivity contribution in [1.29, 1.82) is 0 Å². The SMILES string of the molecule is CN(CCCCC(=O)N1CCOC1=O)C(=O)OC(C)(C)C.Cc1ccc(CC(C(=O)N2C(=O)OCC2Cc2ccccc2)C2CCN(C(=O)OC(C)(C)C)C2)cc1.Cc1ccccc1. The lowest BCUT2D eigenvalue weighted by atomic mass is 9.84. The van der Waals surface area contributed by atoms with Gasteiger partial charge in [-0.3, -0.25) is 9.59 Å². The molecule has 0 spiro atoms. The first kappa shape index (κ1) is 50.7. The fourth-order valence-electron chi connectivity index (χ4n) is 7.33. The number of rotatable bonds is 11. The summed E-state index contributed by atoms with van der Waals surface area (Å²) in [6, 6.07) is 27.8. The van der Waals surface area contributed by atoms with Gasteiger partial charge in [-0.2, -0.15) is 0 Å². The van der Waals surface area contributed by atoms with Crippen LogP contribution in [0.1, 0.15) is 89.5 Å². The number of nitrogens with zero attached hydrogens (tertiary/aromatic N) is 4. The molecular weight excluding hydrogens is 817 g/mol. The minimum atomic E-state index is -0.587. The molecule has 3 aromatic carbocycles. The molecule has 6 amide bonds. The van der Waals surface area contributed by atoms with Crippen LogP contribution in [0.2, 0.25) is 0 Å². The Kier molecular flexibility index (Phi) is 18.8. The molecule has 0 bridgehead atoms. The molecule has 6 rings (SSSR count). The third-order valence-corrected chi connectivity index (χ3v) is 10.7. The molecular formula is C50H68N4O10. The molecule has 3 unspecified atom stereocenters. The van der Waals surface area contributed by atoms with Gasteiger partial charge in [-0.25, -0.2) is 29.0 Å². The van der Waals surface area contributed by atoms with Gasteiger partial charge in [0.05, 0.1) is 12.6 Å². The van der Waals surface area contributed by atoms with E-state index in [1.165, 1.54) is 15.4 Å². The molecule has 0 aliphatic carbocycles. The maximum absolute atomic E-state index is 14.0. The van der Waals surface area contributed by atoms with Crippen LogP contribution in [0.5, 0.6) is 0 Å². The highest BCUT2D eigenvalue weighted by molar-refractivity contribution is 5.95. The van der Waals surface area contributed by atoms with Crippen LogP contribution in [-0.4, -0.2) is 119 Å². The number of cyclic esters (lactones) is 2. The van der Waals surface area contributed by atoms with Gasteiger partial charge in [-0.15, -0.1) is 0 Å². The molecule has 0 radical (unpaired) electrons. The van der Waals surface area contributed by atoms with E-state index in [2.05, 4.69) is 19.1 Å². The third-order valence-electron chi connectivity index (χ3n) is 10.7. The number of benzene rings is 3. The van der Waals surface area contributed by atoms with Crippen LogP contribution < -0.4 is 0 Å². The number of imide groups is 2. The van der Waals surface area contributed by atoms with Gasteiger partial charge in [0.25, 0.3) is 0 Å². The zero-order valence-corrected chi connectivity index (χ0v) is 39.2. The summed E-state index contributed by atoms with van der Waals surface area (Å²) in [4.78, 5) is 79.7. The van der Waals surface area contributed by atoms with Gasteiger partial charge < -0.3 is 28.7 Å². The number of likely N-dealkylation sites (tertiary alicyclic amines) is 1. The second-order valence-electron chi connectivity index (χ2n) is 18.6. The van der Waals surface area contributed by atoms with E-state index in [4.69, 9.17) is 18.9 Å². The zero-order chi connectivity index (χ0) is 47.0. The highest BCUT2D eigenvalue weighted by Crippen LogP contribution is 2.32. The van der Waals surface area contributed by atoms with Gasteiger partial charge in [-0.1, -0.05) is 96.1 Å². The lowest BCUT2D eigenvalue weighted by Crippen LogP contribution is -2.46. The summed E-state index contributed by atoms with van der Waals surface area (Å²) in [7, 11) is 1.66. The molecule has 3 saturated heterocycles. The smallest absolute Gasteiger partial charge is 0.416 e. The summed E-state index contributed by atoms with van der Waals surface area (Å²) in [6.07, 6.45) is 1.37. The quantitative estimate of drug-likeness (QED) is 0.135. The summed E-state index contributed by atoms with van der Waals surface area (Å²) in [5.41, 5.74) is 3.44. The average Bonchev–Trinajstić information content (AvgIpc) is 3.99. The van der Waals surface area contributed by atoms with Crippen molar-refractivity contribution in [3.8, 4) is 0 Å². The highest BCUT2D eigenvalue weighted by atomic mass is 16.6. The summed E-state index contributed by atoms with van der Waals surface area (Å²) < 4.78 is 20.8. The van der Waals surface area contributed by atoms with Crippen LogP contribution in [0, 0.1) is 25.7 Å². The summed E-state index contributed by atoms with van der Waals surface area (Å²) >= 11 is 0. The average molecular weight is 885 g/mol. The van der Waals surface area contributed by atoms with Crippen molar-refractivity contribution in [3.05, 3.63) is 107 Å². The minimum absolute atomic E-state index is 0.0860. The fraction of sp³-hybridized carbons (Fsp3) is 0.520. The first-order chi connectivity index (χ1) is 30.2. The minimum Gasteiger partial charge on any atom is -0.447 e. The topological polar surface area (TPSA) is 152 Å². The maximum Gasteiger partial charge on any atom is 0.416 e. The van der Waals surface area contributed by atoms with Gasteiger partial charge in [0.15, 0.2) is 0 Å². The maximum atomic E-state index is 14.0. The van der Waals surface area contributed by atoms with Crippen LogP contribution in [0.25, 0.3) is 0 Å². The van der Waals surface area contributed by atoms with Crippen molar-refractivity contribution in [1.82, 2.24) is 19.6 Å². The summed E-state index contributed by atoms with van der Waals surface area (Å²) in [5.74, 6) is -0.992. The Balaban J connectivity index is 0.000000269. The van der Waals surface area contributed by atoms with E-state index in [0.29, 0.717) is 58.3 Å². The van der Waals surface area contributed by atoms with Crippen molar-refractivity contribution in [3.63, 3.8) is 0 Å². The number of amides is 6. The lowest BCUT2D eigenvalue weighted by molar-refractivity contribution is -0.135. The molecule has 3 atom stereocenters. The normalized spacial score (nSPS) is 17.5. The molecule has 14 nitrogen and oxygen atoms in total. The van der Waals surface area contributed by atoms with Crippen molar-refractivity contribution >= 4 is 36.2 Å². The number of hydrogen-bond donors (Lipinski definition) is 0. The van der Waals surface area contributed by atoms with Gasteiger partial charge in [0.2, 0.25) is 11.8 Å². The second-order valence-corrected chi connectivity index (χ2v) is 18.6. The molecule has 64 heavy (non-hydrogen) atoms. The van der Waals surface area contributed by atoms with E-state index < -0.39 is 29.3 Å². The van der Waals surface area contributed by atoms with Crippen molar-refractivity contribution in [2.75, 3.05) is 46.4 Å². The highest BCUT2D eigenvalue weighted by Gasteiger charge is 2.45. The first-order valence-electron chi connectivity index (χ1n) is 22.2. The first-order valence-corrected chi connectivity index (χ1v) is 22.2. The summed E-state index contributed by atoms with van der Waals surface area (Å²) in [6.45, 7) is 17.3. The number of aryl methyl sites for hydroxylation is 2. The van der Waals surface area contributed by atoms with Crippen LogP contribution >= 0.6 is 0 Å². The number of unbranched alkanes of at least 4 members (excludes halogenated alkanes) is 1. The van der Waals surface area contributed by atoms with Gasteiger partial charge in [0, 0.05) is 39.0 Å². The number of hydrogen-bond acceptors (Lipinski definition) is 10. The predicted molar refractivity (Wildman–Crippen MR) is 243 cm³/mol. The second kappa shape index (κ2) is 23.7. The monoisotopic (exact) mass is 884 g/mol. The van der Waals surface area contributed by atoms with Crippen LogP contribution in [0.4, 0.5) is 19.2 Å². The Morgan fingerprint density at radius 1 is 0.750 bits per heavy atom. The van der Waals surface area contributed by atoms with E-state index in [0.717, 1.165) is 21.6 Å². The van der Waals surface area contributed by atoms with Crippen LogP contribution in [0.3, 0.4) is 0 Å². The molecule has 3 aromatic rings. The Morgan fingerprint density at radius 2 is 1.36 bits per heavy atom. The third kappa shape index (κ3) is 16.7. The molecule has 3 heterocycles. The molecule has 3 aliphatic heterocycles. The lowest BCUT2D eigenvalue weighted by Gasteiger charge is -2.29. The molecule has 348 valence electrons. The molecule has 14 heteroatoms. The van der Waals surface area contributed by atoms with E-state index in [1.807, 2.05) is 121 Å². The van der Waals surface area contributed by atoms with E-state index in [1.54, 1.807) is 11.9 Å². The Labute approximate surface area is 379 Å². The molecule has 0 N–H and O–H groups in total. The number of carbonyl (C=O) groups excluding carboxylic acids is 6. The number of ether oxygens (including phenoxy) is 4. The van der Waals surface area contributed by atoms with E-state index >= 15 is 0 Å². The van der Waals surface area contributed by atoms with Gasteiger partial charge in [0.1, 0.15) is 24.4 Å². The van der Waals surface area contributed by atoms with Crippen molar-refractivity contribution in [2.24, 2.45) is 11.8 Å². The fourth-order valence-corrected chi connectivity index (χ4v) is 7.33. The Morgan fingerprint density at radius 3 is 1.92 bits per heavy atom. The van der Waals surface area contributed by atoms with E-state index in [9.17, 15) is 28.8 Å². The molecule has 0 saturated carbocycles. The predicted octanol–water partition coefficient (Wildman–Crippen LogP) is 9.00. The molecule has 3 aliphatic rings. The van der Waals surface area contributed by atoms with E-state index in [-0.39, 0.29) is 55.6 Å². The van der Waals surface area contributed by atoms with Crippen molar-refractivity contribution < 1.29 is 47.7 Å². The van der Waals surface area contributed by atoms with Crippen molar-refractivity contribution in [2.45, 2.75) is 111 Å². The molecule has 3 fully saturated rings. The Hall–Kier alpha value is -5.92. The van der Waals surface area contributed by atoms with Crippen LogP contribution in [-0.2, 0) is 41.4 Å². The Bertz CT molecular complexity index is 2000. The zero-order valence-electron chi connectivity index (χ0n) is 39.2. The molecule has 0 aromatic heterocycles. The largest absolute Gasteiger partial charge is 0.447 e. The summed E-state index contributed by atoms with van der Waals surface area (Å²) in [5, 5.41) is 0. The van der Waals surface area contributed by atoms with Gasteiger partial charge in [-0.05, 0) is 105 Å².